The van der Waals surface area contributed by atoms with Crippen LogP contribution >= 0.6 is 33.9 Å². The number of benzene rings is 2. The van der Waals surface area contributed by atoms with E-state index in [-0.39, 0.29) is 12.0 Å². The molecule has 0 fully saturated rings. The molecule has 3 aromatic rings. The molecule has 0 bridgehead atoms. The summed E-state index contributed by atoms with van der Waals surface area (Å²) in [6.45, 7) is 0. The molecule has 1 amide bonds. The summed E-state index contributed by atoms with van der Waals surface area (Å²) >= 11 is 3.44. The minimum atomic E-state index is -0.802. The molecule has 0 unspecified atom stereocenters. The second-order valence-electron chi connectivity index (χ2n) is 5.57. The van der Waals surface area contributed by atoms with E-state index in [0.29, 0.717) is 16.2 Å². The van der Waals surface area contributed by atoms with Crippen molar-refractivity contribution in [2.24, 2.45) is 0 Å². The van der Waals surface area contributed by atoms with Crippen LogP contribution in [0.5, 0.6) is 11.5 Å². The Morgan fingerprint density at radius 1 is 1.00 bits per heavy atom. The fourth-order valence-electron chi connectivity index (χ4n) is 2.28. The molecule has 0 spiro atoms. The van der Waals surface area contributed by atoms with Gasteiger partial charge in [0.2, 0.25) is 5.78 Å². The van der Waals surface area contributed by atoms with Gasteiger partial charge in [0, 0.05) is 0 Å². The third-order valence-electron chi connectivity index (χ3n) is 3.62. The van der Waals surface area contributed by atoms with Gasteiger partial charge in [-0.15, -0.1) is 11.3 Å². The highest BCUT2D eigenvalue weighted by Gasteiger charge is 2.14. The summed E-state index contributed by atoms with van der Waals surface area (Å²) in [5, 5.41) is 4.26. The second kappa shape index (κ2) is 9.43. The van der Waals surface area contributed by atoms with Gasteiger partial charge in [0.1, 0.15) is 11.5 Å². The Labute approximate surface area is 179 Å². The number of ether oxygens (including phenoxy) is 1. The molecule has 3 rings (SSSR count). The van der Waals surface area contributed by atoms with E-state index in [4.69, 9.17) is 4.74 Å². The number of thiophene rings is 1. The molecule has 0 aliphatic carbocycles. The first kappa shape index (κ1) is 20.0. The molecular formula is C21H14INO4S. The molecule has 0 radical (unpaired) electrons. The molecule has 1 N–H and O–H groups in total. The number of aldehydes is 1. The van der Waals surface area contributed by atoms with Crippen LogP contribution in [-0.4, -0.2) is 18.0 Å². The van der Waals surface area contributed by atoms with Crippen molar-refractivity contribution in [1.82, 2.24) is 5.32 Å². The predicted molar refractivity (Wildman–Crippen MR) is 117 cm³/mol. The van der Waals surface area contributed by atoms with E-state index in [2.05, 4.69) is 27.9 Å². The number of hydrogen-bond donors (Lipinski definition) is 1. The third-order valence-corrected chi connectivity index (χ3v) is 5.38. The van der Waals surface area contributed by atoms with Gasteiger partial charge in [-0.25, -0.2) is 0 Å². The average Bonchev–Trinajstić information content (AvgIpc) is 3.25. The normalized spacial score (nSPS) is 11.0. The van der Waals surface area contributed by atoms with Crippen molar-refractivity contribution in [2.45, 2.75) is 0 Å². The molecule has 5 nitrogen and oxygen atoms in total. The first-order chi connectivity index (χ1) is 13.6. The fourth-order valence-corrected chi connectivity index (χ4v) is 3.39. The van der Waals surface area contributed by atoms with Crippen molar-refractivity contribution in [1.29, 1.82) is 0 Å². The van der Waals surface area contributed by atoms with Gasteiger partial charge in [-0.3, -0.25) is 14.4 Å². The molecular weight excluding hydrogens is 489 g/mol. The van der Waals surface area contributed by atoms with Crippen molar-refractivity contribution in [3.8, 4) is 11.5 Å². The predicted octanol–water partition coefficient (Wildman–Crippen LogP) is 4.68. The monoisotopic (exact) mass is 503 g/mol. The molecule has 140 valence electrons. The summed E-state index contributed by atoms with van der Waals surface area (Å²) in [6, 6.07) is 18.0. The van der Waals surface area contributed by atoms with Crippen LogP contribution in [0, 0.1) is 3.57 Å². The van der Waals surface area contributed by atoms with Crippen LogP contribution in [-0.2, 0) is 9.59 Å². The highest BCUT2D eigenvalue weighted by molar-refractivity contribution is 14.1. The van der Waals surface area contributed by atoms with Crippen LogP contribution < -0.4 is 10.1 Å². The molecule has 28 heavy (non-hydrogen) atoms. The Morgan fingerprint density at radius 3 is 2.39 bits per heavy atom. The number of rotatable bonds is 7. The maximum Gasteiger partial charge on any atom is 0.265 e. The van der Waals surface area contributed by atoms with Crippen molar-refractivity contribution in [3.63, 3.8) is 0 Å². The summed E-state index contributed by atoms with van der Waals surface area (Å²) in [5.74, 6) is 0.137. The van der Waals surface area contributed by atoms with E-state index in [0.717, 1.165) is 9.32 Å². The van der Waals surface area contributed by atoms with Crippen LogP contribution in [0.25, 0.3) is 6.08 Å². The SMILES string of the molecule is O=CC(=O)/C(=C/c1ccc(Oc2ccccc2I)cc1)NC(=O)c1cccs1. The van der Waals surface area contributed by atoms with E-state index in [1.165, 1.54) is 17.4 Å². The number of amides is 1. The second-order valence-corrected chi connectivity index (χ2v) is 7.68. The largest absolute Gasteiger partial charge is 0.456 e. The number of carbonyl (C=O) groups excluding carboxylic acids is 3. The summed E-state index contributed by atoms with van der Waals surface area (Å²) in [5.41, 5.74) is 0.562. The lowest BCUT2D eigenvalue weighted by atomic mass is 10.1. The quantitative estimate of drug-likeness (QED) is 0.220. The van der Waals surface area contributed by atoms with Gasteiger partial charge < -0.3 is 10.1 Å². The Bertz CT molecular complexity index is 1030. The maximum absolute atomic E-state index is 12.2. The van der Waals surface area contributed by atoms with Gasteiger partial charge in [-0.05, 0) is 69.9 Å². The van der Waals surface area contributed by atoms with E-state index in [9.17, 15) is 14.4 Å². The highest BCUT2D eigenvalue weighted by atomic mass is 127. The van der Waals surface area contributed by atoms with E-state index >= 15 is 0 Å². The lowest BCUT2D eigenvalue weighted by Crippen LogP contribution is -2.27. The smallest absolute Gasteiger partial charge is 0.265 e. The van der Waals surface area contributed by atoms with Crippen molar-refractivity contribution in [3.05, 3.63) is 85.8 Å². The molecule has 0 aliphatic heterocycles. The molecule has 0 aliphatic rings. The van der Waals surface area contributed by atoms with Gasteiger partial charge in [0.05, 0.1) is 14.1 Å². The molecule has 0 saturated heterocycles. The van der Waals surface area contributed by atoms with Crippen molar-refractivity contribution in [2.75, 3.05) is 0 Å². The zero-order valence-electron chi connectivity index (χ0n) is 14.4. The summed E-state index contributed by atoms with van der Waals surface area (Å²) in [4.78, 5) is 35.5. The van der Waals surface area contributed by atoms with E-state index in [1.807, 2.05) is 24.3 Å². The molecule has 0 saturated carbocycles. The Balaban J connectivity index is 1.78. The molecule has 0 atom stereocenters. The minimum absolute atomic E-state index is 0.0836. The van der Waals surface area contributed by atoms with Crippen LogP contribution in [0.1, 0.15) is 15.2 Å². The Morgan fingerprint density at radius 2 is 1.75 bits per heavy atom. The van der Waals surface area contributed by atoms with Gasteiger partial charge in [-0.2, -0.15) is 0 Å². The van der Waals surface area contributed by atoms with Crippen LogP contribution in [0.3, 0.4) is 0 Å². The lowest BCUT2D eigenvalue weighted by Gasteiger charge is -2.08. The number of carbonyl (C=O) groups is 3. The van der Waals surface area contributed by atoms with Crippen LogP contribution in [0.2, 0.25) is 0 Å². The number of nitrogens with one attached hydrogen (secondary N) is 1. The molecule has 2 aromatic carbocycles. The molecule has 1 heterocycles. The zero-order valence-corrected chi connectivity index (χ0v) is 17.4. The number of halogens is 1. The molecule has 1 aromatic heterocycles. The van der Waals surface area contributed by atoms with Crippen molar-refractivity contribution >= 4 is 58.0 Å². The summed E-state index contributed by atoms with van der Waals surface area (Å²) < 4.78 is 6.82. The lowest BCUT2D eigenvalue weighted by molar-refractivity contribution is -0.127. The average molecular weight is 503 g/mol. The zero-order chi connectivity index (χ0) is 19.9. The third kappa shape index (κ3) is 5.14. The van der Waals surface area contributed by atoms with Crippen molar-refractivity contribution < 1.29 is 19.1 Å². The number of Topliss-reactive ketones (excluding diaryl/α,β-unsaturated/α-hetero) is 1. The van der Waals surface area contributed by atoms with Crippen LogP contribution in [0.4, 0.5) is 0 Å². The topological polar surface area (TPSA) is 72.5 Å². The van der Waals surface area contributed by atoms with Gasteiger partial charge >= 0.3 is 0 Å². The summed E-state index contributed by atoms with van der Waals surface area (Å²) in [7, 11) is 0. The van der Waals surface area contributed by atoms with E-state index in [1.54, 1.807) is 41.8 Å². The Hall–Kier alpha value is -2.78. The van der Waals surface area contributed by atoms with Crippen LogP contribution in [0.15, 0.2) is 71.7 Å². The standard InChI is InChI=1S/C21H14INO4S/c22-16-4-1-2-5-19(16)27-15-9-7-14(8-10-15)12-17(18(25)13-24)23-21(26)20-6-3-11-28-20/h1-13H,(H,23,26)/b17-12-. The fraction of sp³-hybridized carbons (Fsp3) is 0. The number of hydrogen-bond acceptors (Lipinski definition) is 5. The minimum Gasteiger partial charge on any atom is -0.456 e. The Kier molecular flexibility index (Phi) is 6.72. The number of ketones is 1. The first-order valence-electron chi connectivity index (χ1n) is 8.15. The number of allylic oxidation sites excluding steroid dienone is 1. The highest BCUT2D eigenvalue weighted by Crippen LogP contribution is 2.26. The van der Waals surface area contributed by atoms with Gasteiger partial charge in [-0.1, -0.05) is 30.3 Å². The number of para-hydroxylation sites is 1. The summed E-state index contributed by atoms with van der Waals surface area (Å²) in [6.07, 6.45) is 1.63. The first-order valence-corrected chi connectivity index (χ1v) is 10.1. The van der Waals surface area contributed by atoms with Gasteiger partial charge in [0.15, 0.2) is 6.29 Å². The molecule has 7 heteroatoms. The van der Waals surface area contributed by atoms with Gasteiger partial charge in [0.25, 0.3) is 5.91 Å². The van der Waals surface area contributed by atoms with E-state index < -0.39 is 11.7 Å². The maximum atomic E-state index is 12.2.